The Hall–Kier alpha value is -1.52. The van der Waals surface area contributed by atoms with Crippen molar-refractivity contribution in [1.82, 2.24) is 5.32 Å². The molecular weight excluding hydrogens is 388 g/mol. The molecule has 6 heteroatoms. The van der Waals surface area contributed by atoms with Gasteiger partial charge in [0.25, 0.3) is 0 Å². The van der Waals surface area contributed by atoms with Crippen molar-refractivity contribution in [2.24, 2.45) is 0 Å². The molecule has 1 unspecified atom stereocenters. The second-order valence-electron chi connectivity index (χ2n) is 7.14. The number of nitrogens with one attached hydrogen (secondary N) is 1. The first-order valence-corrected chi connectivity index (χ1v) is 12.1. The number of hydrogen-bond acceptors (Lipinski definition) is 4. The third-order valence-electron chi connectivity index (χ3n) is 4.76. The fraction of sp³-hybridized carbons (Fsp3) is 0.478. The summed E-state index contributed by atoms with van der Waals surface area (Å²) in [5, 5.41) is 3.33. The molecular formula is C23H33FNO3P. The Morgan fingerprint density at radius 3 is 2.03 bits per heavy atom. The maximum absolute atomic E-state index is 14.7. The van der Waals surface area contributed by atoms with Gasteiger partial charge in [-0.3, -0.25) is 9.88 Å². The van der Waals surface area contributed by atoms with Gasteiger partial charge in [0.2, 0.25) is 0 Å². The molecule has 4 nitrogen and oxygen atoms in total. The number of unbranched alkanes of at least 4 members (excludes halogenated alkanes) is 2. The van der Waals surface area contributed by atoms with Crippen molar-refractivity contribution in [2.75, 3.05) is 13.2 Å². The van der Waals surface area contributed by atoms with Crippen LogP contribution in [-0.2, 0) is 13.6 Å². The maximum Gasteiger partial charge on any atom is 0.352 e. The van der Waals surface area contributed by atoms with Gasteiger partial charge in [0, 0.05) is 11.6 Å². The summed E-state index contributed by atoms with van der Waals surface area (Å²) in [6.45, 7) is 6.66. The molecule has 0 spiro atoms. The molecule has 0 bridgehead atoms. The van der Waals surface area contributed by atoms with Gasteiger partial charge in [0.05, 0.1) is 13.2 Å². The molecule has 29 heavy (non-hydrogen) atoms. The average molecular weight is 421 g/mol. The van der Waals surface area contributed by atoms with E-state index in [1.54, 1.807) is 18.2 Å². The zero-order chi connectivity index (χ0) is 21.1. The van der Waals surface area contributed by atoms with Crippen molar-refractivity contribution in [2.45, 2.75) is 58.3 Å². The molecule has 2 aromatic carbocycles. The van der Waals surface area contributed by atoms with Crippen molar-refractivity contribution in [1.29, 1.82) is 0 Å². The van der Waals surface area contributed by atoms with Crippen LogP contribution in [0.2, 0.25) is 0 Å². The van der Waals surface area contributed by atoms with Gasteiger partial charge >= 0.3 is 7.60 Å². The lowest BCUT2D eigenvalue weighted by Crippen LogP contribution is -2.27. The van der Waals surface area contributed by atoms with Crippen LogP contribution in [0.1, 0.15) is 69.4 Å². The molecule has 0 saturated heterocycles. The van der Waals surface area contributed by atoms with E-state index in [1.807, 2.05) is 51.1 Å². The Labute approximate surface area is 174 Å². The number of halogens is 1. The molecule has 160 valence electrons. The van der Waals surface area contributed by atoms with Crippen LogP contribution >= 0.6 is 7.60 Å². The van der Waals surface area contributed by atoms with Crippen molar-refractivity contribution in [3.63, 3.8) is 0 Å². The molecule has 0 fully saturated rings. The smallest absolute Gasteiger partial charge is 0.307 e. The molecule has 2 atom stereocenters. The summed E-state index contributed by atoms with van der Waals surface area (Å²) in [6, 6.07) is 16.0. The van der Waals surface area contributed by atoms with E-state index in [9.17, 15) is 8.96 Å². The standard InChI is InChI=1S/C23H33FNO3P/c1-4-6-17-27-29(26,28-18-7-5-2)23(21-15-11-12-16-22(21)24)25-19(3)20-13-9-8-10-14-20/h8-16,19,23,25H,4-7,17-18H2,1-3H3/t19-,23?/m1/s1. The van der Waals surface area contributed by atoms with Gasteiger partial charge in [-0.25, -0.2) is 4.39 Å². The Morgan fingerprint density at radius 2 is 1.48 bits per heavy atom. The largest absolute Gasteiger partial charge is 0.352 e. The number of hydrogen-bond donors (Lipinski definition) is 1. The van der Waals surface area contributed by atoms with E-state index in [1.165, 1.54) is 6.07 Å². The van der Waals surface area contributed by atoms with E-state index in [0.29, 0.717) is 18.8 Å². The van der Waals surface area contributed by atoms with Crippen LogP contribution in [0.4, 0.5) is 4.39 Å². The van der Waals surface area contributed by atoms with Gasteiger partial charge in [-0.1, -0.05) is 75.2 Å². The summed E-state index contributed by atoms with van der Waals surface area (Å²) in [6.07, 6.45) is 3.35. The summed E-state index contributed by atoms with van der Waals surface area (Å²) in [4.78, 5) is 0. The molecule has 0 aromatic heterocycles. The molecule has 0 amide bonds. The Balaban J connectivity index is 2.38. The van der Waals surface area contributed by atoms with Gasteiger partial charge in [-0.2, -0.15) is 0 Å². The molecule has 0 aliphatic rings. The van der Waals surface area contributed by atoms with Gasteiger partial charge in [-0.05, 0) is 31.4 Å². The predicted molar refractivity (Wildman–Crippen MR) is 116 cm³/mol. The summed E-state index contributed by atoms with van der Waals surface area (Å²) in [5.74, 6) is -1.32. The van der Waals surface area contributed by atoms with Crippen LogP contribution in [0.15, 0.2) is 54.6 Å². The highest BCUT2D eigenvalue weighted by atomic mass is 31.2. The second-order valence-corrected chi connectivity index (χ2v) is 9.25. The fourth-order valence-corrected chi connectivity index (χ4v) is 5.08. The van der Waals surface area contributed by atoms with E-state index >= 15 is 0 Å². The Kier molecular flexibility index (Phi) is 10.0. The molecule has 1 N–H and O–H groups in total. The fourth-order valence-electron chi connectivity index (χ4n) is 2.98. The molecule has 0 aliphatic carbocycles. The Bertz CT molecular complexity index is 758. The van der Waals surface area contributed by atoms with Crippen LogP contribution < -0.4 is 5.32 Å². The number of rotatable bonds is 13. The zero-order valence-electron chi connectivity index (χ0n) is 17.6. The average Bonchev–Trinajstić information content (AvgIpc) is 2.73. The third kappa shape index (κ3) is 7.04. The third-order valence-corrected chi connectivity index (χ3v) is 6.91. The first kappa shape index (κ1) is 23.8. The highest BCUT2D eigenvalue weighted by Crippen LogP contribution is 2.60. The van der Waals surface area contributed by atoms with Crippen molar-refractivity contribution in [3.05, 3.63) is 71.5 Å². The summed E-state index contributed by atoms with van der Waals surface area (Å²) < 4.78 is 40.3. The van der Waals surface area contributed by atoms with Crippen LogP contribution in [0.25, 0.3) is 0 Å². The predicted octanol–water partition coefficient (Wildman–Crippen LogP) is 7.00. The zero-order valence-corrected chi connectivity index (χ0v) is 18.5. The second kappa shape index (κ2) is 12.2. The van der Waals surface area contributed by atoms with Gasteiger partial charge < -0.3 is 9.05 Å². The minimum atomic E-state index is -3.66. The van der Waals surface area contributed by atoms with Gasteiger partial charge in [0.15, 0.2) is 0 Å². The van der Waals surface area contributed by atoms with Gasteiger partial charge in [-0.15, -0.1) is 0 Å². The minimum Gasteiger partial charge on any atom is -0.307 e. The lowest BCUT2D eigenvalue weighted by molar-refractivity contribution is 0.186. The number of benzene rings is 2. The van der Waals surface area contributed by atoms with Gasteiger partial charge in [0.1, 0.15) is 11.6 Å². The van der Waals surface area contributed by atoms with Crippen LogP contribution in [0, 0.1) is 5.82 Å². The van der Waals surface area contributed by atoms with Crippen LogP contribution in [0.3, 0.4) is 0 Å². The highest BCUT2D eigenvalue weighted by molar-refractivity contribution is 7.54. The minimum absolute atomic E-state index is 0.168. The summed E-state index contributed by atoms with van der Waals surface area (Å²) >= 11 is 0. The van der Waals surface area contributed by atoms with Crippen molar-refractivity contribution < 1.29 is 18.0 Å². The molecule has 0 aliphatic heterocycles. The lowest BCUT2D eigenvalue weighted by atomic mass is 10.1. The maximum atomic E-state index is 14.7. The SMILES string of the molecule is CCCCOP(=O)(OCCCC)C(N[C@H](C)c1ccccc1)c1ccccc1F. The molecule has 0 saturated carbocycles. The quantitative estimate of drug-likeness (QED) is 0.279. The molecule has 2 rings (SSSR count). The monoisotopic (exact) mass is 421 g/mol. The first-order valence-electron chi connectivity index (χ1n) is 10.5. The van der Waals surface area contributed by atoms with E-state index in [-0.39, 0.29) is 6.04 Å². The van der Waals surface area contributed by atoms with E-state index in [2.05, 4.69) is 5.32 Å². The van der Waals surface area contributed by atoms with E-state index in [4.69, 9.17) is 9.05 Å². The molecule has 2 aromatic rings. The first-order chi connectivity index (χ1) is 14.0. The van der Waals surface area contributed by atoms with E-state index < -0.39 is 19.2 Å². The van der Waals surface area contributed by atoms with Crippen molar-refractivity contribution >= 4 is 7.60 Å². The highest BCUT2D eigenvalue weighted by Gasteiger charge is 2.39. The topological polar surface area (TPSA) is 47.6 Å². The summed E-state index contributed by atoms with van der Waals surface area (Å²) in [7, 11) is -3.66. The normalized spacial score (nSPS) is 13.9. The molecule has 0 radical (unpaired) electrons. The van der Waals surface area contributed by atoms with Crippen LogP contribution in [-0.4, -0.2) is 13.2 Å². The van der Waals surface area contributed by atoms with E-state index in [0.717, 1.165) is 31.2 Å². The van der Waals surface area contributed by atoms with Crippen LogP contribution in [0.5, 0.6) is 0 Å². The summed E-state index contributed by atoms with van der Waals surface area (Å²) in [5.41, 5.74) is 1.31. The Morgan fingerprint density at radius 1 is 0.931 bits per heavy atom. The lowest BCUT2D eigenvalue weighted by Gasteiger charge is -2.31. The molecule has 0 heterocycles. The van der Waals surface area contributed by atoms with Crippen molar-refractivity contribution in [3.8, 4) is 0 Å².